The average molecular weight is 216 g/mol. The van der Waals surface area contributed by atoms with Gasteiger partial charge in [0.15, 0.2) is 17.1 Å². The van der Waals surface area contributed by atoms with Gasteiger partial charge in [0.25, 0.3) is 0 Å². The van der Waals surface area contributed by atoms with Crippen LogP contribution in [0.25, 0.3) is 5.65 Å². The molecule has 2 aromatic heterocycles. The molecular weight excluding hydrogens is 213 g/mol. The molecule has 0 atom stereocenters. The molecule has 0 N–H and O–H groups in total. The first kappa shape index (κ1) is 8.47. The lowest BCUT2D eigenvalue weighted by molar-refractivity contribution is 0.111. The van der Waals surface area contributed by atoms with E-state index in [-0.39, 0.29) is 10.3 Å². The molecule has 0 aliphatic carbocycles. The van der Waals surface area contributed by atoms with Gasteiger partial charge in [-0.1, -0.05) is 23.2 Å². The van der Waals surface area contributed by atoms with Gasteiger partial charge in [-0.15, -0.1) is 0 Å². The molecule has 2 aromatic rings. The molecule has 0 saturated heterocycles. The van der Waals surface area contributed by atoms with Gasteiger partial charge in [0.2, 0.25) is 0 Å². The van der Waals surface area contributed by atoms with E-state index in [1.807, 2.05) is 0 Å². The number of halogens is 2. The summed E-state index contributed by atoms with van der Waals surface area (Å²) in [5.74, 6) is 0. The zero-order valence-electron chi connectivity index (χ0n) is 6.24. The van der Waals surface area contributed by atoms with E-state index in [0.717, 1.165) is 0 Å². The Balaban J connectivity index is 2.89. The molecule has 0 aliphatic heterocycles. The SMILES string of the molecule is O=Cc1cnc2c(Cl)nc(Cl)cn12. The molecule has 2 rings (SSSR count). The van der Waals surface area contributed by atoms with Gasteiger partial charge in [0, 0.05) is 6.20 Å². The van der Waals surface area contributed by atoms with Gasteiger partial charge < -0.3 is 0 Å². The quantitative estimate of drug-likeness (QED) is 0.683. The van der Waals surface area contributed by atoms with Gasteiger partial charge in [-0.3, -0.25) is 9.20 Å². The number of carbonyl (C=O) groups is 1. The minimum absolute atomic E-state index is 0.181. The van der Waals surface area contributed by atoms with Crippen molar-refractivity contribution in [3.63, 3.8) is 0 Å². The highest BCUT2D eigenvalue weighted by Crippen LogP contribution is 2.17. The maximum absolute atomic E-state index is 10.5. The Kier molecular flexibility index (Phi) is 1.94. The topological polar surface area (TPSA) is 47.3 Å². The monoisotopic (exact) mass is 215 g/mol. The van der Waals surface area contributed by atoms with Gasteiger partial charge in [0.05, 0.1) is 6.20 Å². The van der Waals surface area contributed by atoms with E-state index in [0.29, 0.717) is 17.6 Å². The summed E-state index contributed by atoms with van der Waals surface area (Å²) in [5.41, 5.74) is 0.814. The highest BCUT2D eigenvalue weighted by Gasteiger charge is 2.07. The van der Waals surface area contributed by atoms with Crippen LogP contribution in [0.2, 0.25) is 10.3 Å². The van der Waals surface area contributed by atoms with Gasteiger partial charge in [0.1, 0.15) is 10.8 Å². The Morgan fingerprint density at radius 3 is 2.92 bits per heavy atom. The Hall–Kier alpha value is -1.13. The molecule has 6 heteroatoms. The lowest BCUT2D eigenvalue weighted by atomic mass is 10.5. The van der Waals surface area contributed by atoms with Crippen molar-refractivity contribution in [2.45, 2.75) is 0 Å². The number of carbonyl (C=O) groups excluding carboxylic acids is 1. The van der Waals surface area contributed by atoms with Crippen LogP contribution in [0.5, 0.6) is 0 Å². The van der Waals surface area contributed by atoms with Crippen LogP contribution in [-0.2, 0) is 0 Å². The number of hydrogen-bond donors (Lipinski definition) is 0. The summed E-state index contributed by atoms with van der Waals surface area (Å²) in [5, 5.41) is 0.402. The van der Waals surface area contributed by atoms with E-state index < -0.39 is 0 Å². The van der Waals surface area contributed by atoms with E-state index in [1.54, 1.807) is 0 Å². The fraction of sp³-hybridized carbons (Fsp3) is 0. The number of aromatic nitrogens is 3. The Bertz CT molecular complexity index is 480. The van der Waals surface area contributed by atoms with Crippen LogP contribution < -0.4 is 0 Å². The van der Waals surface area contributed by atoms with Crippen molar-refractivity contribution in [3.8, 4) is 0 Å². The summed E-state index contributed by atoms with van der Waals surface area (Å²) < 4.78 is 1.49. The largest absolute Gasteiger partial charge is 0.296 e. The highest BCUT2D eigenvalue weighted by atomic mass is 35.5. The van der Waals surface area contributed by atoms with Crippen LogP contribution in [0, 0.1) is 0 Å². The summed E-state index contributed by atoms with van der Waals surface area (Å²) in [4.78, 5) is 18.2. The van der Waals surface area contributed by atoms with Gasteiger partial charge in [-0.25, -0.2) is 9.97 Å². The molecule has 0 amide bonds. The molecule has 0 radical (unpaired) electrons. The standard InChI is InChI=1S/C7H3Cl2N3O/c8-5-2-12-4(3-13)1-10-7(12)6(9)11-5/h1-3H. The van der Waals surface area contributed by atoms with Gasteiger partial charge >= 0.3 is 0 Å². The summed E-state index contributed by atoms with van der Waals surface area (Å²) in [7, 11) is 0. The van der Waals surface area contributed by atoms with E-state index >= 15 is 0 Å². The van der Waals surface area contributed by atoms with Crippen molar-refractivity contribution in [2.24, 2.45) is 0 Å². The lowest BCUT2D eigenvalue weighted by Gasteiger charge is -1.97. The molecule has 0 saturated carbocycles. The molecule has 0 aliphatic rings. The second kappa shape index (κ2) is 2.97. The summed E-state index contributed by atoms with van der Waals surface area (Å²) in [6.45, 7) is 0. The third kappa shape index (κ3) is 1.28. The van der Waals surface area contributed by atoms with E-state index in [2.05, 4.69) is 9.97 Å². The number of hydrogen-bond acceptors (Lipinski definition) is 3. The summed E-state index contributed by atoms with van der Waals surface area (Å²) >= 11 is 11.4. The van der Waals surface area contributed by atoms with E-state index in [4.69, 9.17) is 23.2 Å². The molecule has 66 valence electrons. The minimum atomic E-state index is 0.181. The average Bonchev–Trinajstić information content (AvgIpc) is 2.47. The maximum atomic E-state index is 10.5. The normalized spacial score (nSPS) is 10.6. The van der Waals surface area contributed by atoms with Crippen molar-refractivity contribution >= 4 is 35.1 Å². The van der Waals surface area contributed by atoms with Crippen LogP contribution in [0.1, 0.15) is 10.5 Å². The zero-order chi connectivity index (χ0) is 9.42. The van der Waals surface area contributed by atoms with Crippen LogP contribution >= 0.6 is 23.2 Å². The first-order valence-corrected chi connectivity index (χ1v) is 4.12. The smallest absolute Gasteiger partial charge is 0.175 e. The van der Waals surface area contributed by atoms with Crippen molar-refractivity contribution < 1.29 is 4.79 Å². The second-order valence-corrected chi connectivity index (χ2v) is 3.09. The van der Waals surface area contributed by atoms with Crippen molar-refractivity contribution in [3.05, 3.63) is 28.4 Å². The number of rotatable bonds is 1. The number of imidazole rings is 1. The predicted molar refractivity (Wildman–Crippen MR) is 48.4 cm³/mol. The molecular formula is C7H3Cl2N3O. The highest BCUT2D eigenvalue weighted by molar-refractivity contribution is 6.34. The zero-order valence-corrected chi connectivity index (χ0v) is 7.75. The molecule has 0 aromatic carbocycles. The Morgan fingerprint density at radius 1 is 1.46 bits per heavy atom. The van der Waals surface area contributed by atoms with E-state index in [9.17, 15) is 4.79 Å². The molecule has 0 fully saturated rings. The Morgan fingerprint density at radius 2 is 2.23 bits per heavy atom. The molecule has 0 unspecified atom stereocenters. The fourth-order valence-corrected chi connectivity index (χ4v) is 1.48. The number of nitrogens with zero attached hydrogens (tertiary/aromatic N) is 3. The maximum Gasteiger partial charge on any atom is 0.175 e. The first-order valence-electron chi connectivity index (χ1n) is 3.36. The molecule has 0 bridgehead atoms. The number of aldehydes is 1. The Labute approximate surface area is 83.1 Å². The second-order valence-electron chi connectivity index (χ2n) is 2.35. The van der Waals surface area contributed by atoms with Crippen molar-refractivity contribution in [1.29, 1.82) is 0 Å². The molecule has 0 spiro atoms. The van der Waals surface area contributed by atoms with Gasteiger partial charge in [-0.05, 0) is 0 Å². The first-order chi connectivity index (χ1) is 6.22. The molecule has 2 heterocycles. The van der Waals surface area contributed by atoms with Crippen molar-refractivity contribution in [1.82, 2.24) is 14.4 Å². The van der Waals surface area contributed by atoms with Crippen LogP contribution in [0.4, 0.5) is 0 Å². The third-order valence-corrected chi connectivity index (χ3v) is 2.01. The van der Waals surface area contributed by atoms with Crippen LogP contribution in [0.3, 0.4) is 0 Å². The van der Waals surface area contributed by atoms with E-state index in [1.165, 1.54) is 16.8 Å². The van der Waals surface area contributed by atoms with Crippen LogP contribution in [0.15, 0.2) is 12.4 Å². The van der Waals surface area contributed by atoms with Crippen LogP contribution in [-0.4, -0.2) is 20.7 Å². The number of fused-ring (bicyclic) bond motifs is 1. The molecule has 4 nitrogen and oxygen atoms in total. The summed E-state index contributed by atoms with van der Waals surface area (Å²) in [6.07, 6.45) is 3.57. The molecule has 13 heavy (non-hydrogen) atoms. The lowest BCUT2D eigenvalue weighted by Crippen LogP contribution is -1.93. The third-order valence-electron chi connectivity index (χ3n) is 1.57. The predicted octanol–water partition coefficient (Wildman–Crippen LogP) is 1.85. The minimum Gasteiger partial charge on any atom is -0.296 e. The fourth-order valence-electron chi connectivity index (χ4n) is 1.03. The van der Waals surface area contributed by atoms with Gasteiger partial charge in [-0.2, -0.15) is 0 Å². The summed E-state index contributed by atoms with van der Waals surface area (Å²) in [6, 6.07) is 0. The van der Waals surface area contributed by atoms with Crippen molar-refractivity contribution in [2.75, 3.05) is 0 Å².